The first-order valence-electron chi connectivity index (χ1n) is 6.71. The minimum Gasteiger partial charge on any atom is -0.493 e. The molecule has 0 saturated heterocycles. The average Bonchev–Trinajstić information content (AvgIpc) is 2.43. The Hall–Kier alpha value is -2.06. The highest BCUT2D eigenvalue weighted by Crippen LogP contribution is 2.18. The Morgan fingerprint density at radius 1 is 1.50 bits per heavy atom. The Balaban J connectivity index is 2.55. The predicted octanol–water partition coefficient (Wildman–Crippen LogP) is 2.29. The van der Waals surface area contributed by atoms with Crippen molar-refractivity contribution in [1.29, 1.82) is 5.26 Å². The fraction of sp³-hybridized carbons (Fsp3) is 0.467. The van der Waals surface area contributed by atoms with Gasteiger partial charge in [0.15, 0.2) is 0 Å². The summed E-state index contributed by atoms with van der Waals surface area (Å²) in [4.78, 5) is 11.9. The molecule has 1 amide bonds. The van der Waals surface area contributed by atoms with Gasteiger partial charge in [0.1, 0.15) is 5.75 Å². The quantitative estimate of drug-likeness (QED) is 0.747. The van der Waals surface area contributed by atoms with Crippen molar-refractivity contribution >= 4 is 11.6 Å². The molecule has 3 N–H and O–H groups in total. The number of hydrogen-bond donors (Lipinski definition) is 2. The van der Waals surface area contributed by atoms with Gasteiger partial charge in [0.05, 0.1) is 18.7 Å². The van der Waals surface area contributed by atoms with Crippen LogP contribution < -0.4 is 15.8 Å². The summed E-state index contributed by atoms with van der Waals surface area (Å²) in [6.07, 6.45) is 1.16. The number of rotatable bonds is 7. The van der Waals surface area contributed by atoms with E-state index in [0.717, 1.165) is 0 Å². The number of nitrogens with one attached hydrogen (secondary N) is 1. The number of nitrogens with two attached hydrogens (primary N) is 1. The zero-order valence-corrected chi connectivity index (χ0v) is 11.9. The first-order valence-corrected chi connectivity index (χ1v) is 6.71. The first-order chi connectivity index (χ1) is 9.54. The average molecular weight is 275 g/mol. The third-order valence-corrected chi connectivity index (χ3v) is 2.82. The summed E-state index contributed by atoms with van der Waals surface area (Å²) < 4.78 is 5.50. The van der Waals surface area contributed by atoms with Crippen molar-refractivity contribution in [3.63, 3.8) is 0 Å². The van der Waals surface area contributed by atoms with Gasteiger partial charge in [-0.05, 0) is 24.5 Å². The molecule has 0 bridgehead atoms. The van der Waals surface area contributed by atoms with Gasteiger partial charge in [-0.15, -0.1) is 0 Å². The minimum absolute atomic E-state index is 0.0837. The monoisotopic (exact) mass is 275 g/mol. The lowest BCUT2D eigenvalue weighted by molar-refractivity contribution is -0.118. The molecule has 20 heavy (non-hydrogen) atoms. The second kappa shape index (κ2) is 8.18. The Bertz CT molecular complexity index is 480. The van der Waals surface area contributed by atoms with Crippen LogP contribution in [0.3, 0.4) is 0 Å². The topological polar surface area (TPSA) is 88.1 Å². The molecule has 0 aromatic heterocycles. The SMILES string of the molecule is CC(C)[C@@H](N)C(=O)Nc1cccc(OCCCC#N)c1. The van der Waals surface area contributed by atoms with E-state index in [0.29, 0.717) is 30.9 Å². The number of anilines is 1. The highest BCUT2D eigenvalue weighted by Gasteiger charge is 2.17. The van der Waals surface area contributed by atoms with E-state index in [1.807, 2.05) is 19.9 Å². The van der Waals surface area contributed by atoms with Crippen LogP contribution in [0.1, 0.15) is 26.7 Å². The zero-order valence-electron chi connectivity index (χ0n) is 11.9. The maximum Gasteiger partial charge on any atom is 0.241 e. The largest absolute Gasteiger partial charge is 0.493 e. The van der Waals surface area contributed by atoms with E-state index in [2.05, 4.69) is 11.4 Å². The number of nitriles is 1. The van der Waals surface area contributed by atoms with Crippen molar-refractivity contribution in [3.05, 3.63) is 24.3 Å². The van der Waals surface area contributed by atoms with Gasteiger partial charge < -0.3 is 15.8 Å². The van der Waals surface area contributed by atoms with Crippen LogP contribution in [0.5, 0.6) is 5.75 Å². The van der Waals surface area contributed by atoms with Gasteiger partial charge >= 0.3 is 0 Å². The van der Waals surface area contributed by atoms with E-state index in [1.165, 1.54) is 0 Å². The van der Waals surface area contributed by atoms with Crippen LogP contribution in [0.15, 0.2) is 24.3 Å². The smallest absolute Gasteiger partial charge is 0.241 e. The van der Waals surface area contributed by atoms with Crippen molar-refractivity contribution < 1.29 is 9.53 Å². The summed E-state index contributed by atoms with van der Waals surface area (Å²) >= 11 is 0. The van der Waals surface area contributed by atoms with Gasteiger partial charge in [-0.1, -0.05) is 19.9 Å². The maximum absolute atomic E-state index is 11.9. The lowest BCUT2D eigenvalue weighted by Gasteiger charge is -2.15. The number of unbranched alkanes of at least 4 members (excludes halogenated alkanes) is 1. The van der Waals surface area contributed by atoms with Crippen LogP contribution in [-0.2, 0) is 4.79 Å². The fourth-order valence-corrected chi connectivity index (χ4v) is 1.53. The van der Waals surface area contributed by atoms with Crippen LogP contribution in [0.2, 0.25) is 0 Å². The van der Waals surface area contributed by atoms with Gasteiger partial charge in [-0.2, -0.15) is 5.26 Å². The van der Waals surface area contributed by atoms with Crippen LogP contribution in [0.4, 0.5) is 5.69 Å². The van der Waals surface area contributed by atoms with Crippen molar-refractivity contribution in [2.45, 2.75) is 32.7 Å². The summed E-state index contributed by atoms with van der Waals surface area (Å²) in [7, 11) is 0. The Kier molecular flexibility index (Phi) is 6.54. The number of hydrogen-bond acceptors (Lipinski definition) is 4. The number of benzene rings is 1. The molecule has 0 radical (unpaired) electrons. The molecule has 1 aromatic carbocycles. The van der Waals surface area contributed by atoms with Gasteiger partial charge in [-0.3, -0.25) is 4.79 Å². The van der Waals surface area contributed by atoms with Crippen molar-refractivity contribution in [1.82, 2.24) is 0 Å². The highest BCUT2D eigenvalue weighted by molar-refractivity contribution is 5.94. The molecule has 108 valence electrons. The molecule has 0 heterocycles. The second-order valence-corrected chi connectivity index (χ2v) is 4.90. The number of amides is 1. The van der Waals surface area contributed by atoms with Gasteiger partial charge in [0.2, 0.25) is 5.91 Å². The molecule has 1 atom stereocenters. The third-order valence-electron chi connectivity index (χ3n) is 2.82. The molecule has 0 spiro atoms. The van der Waals surface area contributed by atoms with E-state index in [9.17, 15) is 4.79 Å². The molecule has 0 aliphatic heterocycles. The summed E-state index contributed by atoms with van der Waals surface area (Å²) in [5, 5.41) is 11.2. The molecular formula is C15H21N3O2. The Morgan fingerprint density at radius 2 is 2.25 bits per heavy atom. The van der Waals surface area contributed by atoms with Crippen LogP contribution in [-0.4, -0.2) is 18.6 Å². The van der Waals surface area contributed by atoms with E-state index in [4.69, 9.17) is 15.7 Å². The maximum atomic E-state index is 11.9. The molecule has 0 unspecified atom stereocenters. The lowest BCUT2D eigenvalue weighted by Crippen LogP contribution is -2.39. The lowest BCUT2D eigenvalue weighted by atomic mass is 10.0. The number of carbonyl (C=O) groups excluding carboxylic acids is 1. The summed E-state index contributed by atoms with van der Waals surface area (Å²) in [5.74, 6) is 0.543. The van der Waals surface area contributed by atoms with Crippen molar-refractivity contribution in [3.8, 4) is 11.8 Å². The minimum atomic E-state index is -0.532. The molecular weight excluding hydrogens is 254 g/mol. The second-order valence-electron chi connectivity index (χ2n) is 4.90. The Labute approximate surface area is 119 Å². The van der Waals surface area contributed by atoms with Crippen LogP contribution >= 0.6 is 0 Å². The van der Waals surface area contributed by atoms with E-state index >= 15 is 0 Å². The normalized spacial score (nSPS) is 11.8. The molecule has 5 nitrogen and oxygen atoms in total. The van der Waals surface area contributed by atoms with Crippen LogP contribution in [0.25, 0.3) is 0 Å². The van der Waals surface area contributed by atoms with E-state index < -0.39 is 6.04 Å². The summed E-state index contributed by atoms with van der Waals surface area (Å²) in [6.45, 7) is 4.29. The van der Waals surface area contributed by atoms with Crippen LogP contribution in [0, 0.1) is 17.2 Å². The van der Waals surface area contributed by atoms with Gasteiger partial charge in [0, 0.05) is 18.2 Å². The first kappa shape index (κ1) is 16.0. The van der Waals surface area contributed by atoms with E-state index in [1.54, 1.807) is 18.2 Å². The number of ether oxygens (including phenoxy) is 1. The molecule has 0 saturated carbocycles. The fourth-order valence-electron chi connectivity index (χ4n) is 1.53. The van der Waals surface area contributed by atoms with Gasteiger partial charge in [-0.25, -0.2) is 0 Å². The number of nitrogens with zero attached hydrogens (tertiary/aromatic N) is 1. The summed E-state index contributed by atoms with van der Waals surface area (Å²) in [6, 6.07) is 8.68. The van der Waals surface area contributed by atoms with Crippen molar-refractivity contribution in [2.75, 3.05) is 11.9 Å². The third kappa shape index (κ3) is 5.29. The van der Waals surface area contributed by atoms with E-state index in [-0.39, 0.29) is 11.8 Å². The molecule has 0 aliphatic rings. The van der Waals surface area contributed by atoms with Gasteiger partial charge in [0.25, 0.3) is 0 Å². The molecule has 0 fully saturated rings. The molecule has 5 heteroatoms. The number of carbonyl (C=O) groups is 1. The summed E-state index contributed by atoms with van der Waals surface area (Å²) in [5.41, 5.74) is 6.44. The highest BCUT2D eigenvalue weighted by atomic mass is 16.5. The molecule has 1 rings (SSSR count). The van der Waals surface area contributed by atoms with Crippen molar-refractivity contribution in [2.24, 2.45) is 11.7 Å². The predicted molar refractivity (Wildman–Crippen MR) is 78.2 cm³/mol. The molecule has 0 aliphatic carbocycles. The molecule has 1 aromatic rings. The zero-order chi connectivity index (χ0) is 15.0. The standard InChI is InChI=1S/C15H21N3O2/c1-11(2)14(17)15(19)18-12-6-5-7-13(10-12)20-9-4-3-8-16/h5-7,10-11,14H,3-4,9,17H2,1-2H3,(H,18,19)/t14-/m1/s1. The Morgan fingerprint density at radius 3 is 2.90 bits per heavy atom.